The minimum absolute atomic E-state index is 0.00515. The number of carbonyl (C=O) groups excluding carboxylic acids is 3. The molecule has 2 aliphatic heterocycles. The molecule has 1 aromatic carbocycles. The highest BCUT2D eigenvalue weighted by Crippen LogP contribution is 2.20. The van der Waals surface area contributed by atoms with Crippen LogP contribution in [-0.4, -0.2) is 73.5 Å². The van der Waals surface area contributed by atoms with Crippen LogP contribution in [0.1, 0.15) is 23.2 Å². The number of rotatable bonds is 4. The predicted octanol–water partition coefficient (Wildman–Crippen LogP) is 1.30. The molecule has 0 aromatic heterocycles. The lowest BCUT2D eigenvalue weighted by atomic mass is 10.1. The number of hydrogen-bond acceptors (Lipinski definition) is 4. The fourth-order valence-electron chi connectivity index (χ4n) is 3.52. The minimum atomic E-state index is -0.219. The van der Waals surface area contributed by atoms with Crippen molar-refractivity contribution in [2.45, 2.75) is 18.9 Å². The van der Waals surface area contributed by atoms with E-state index in [0.29, 0.717) is 37.6 Å². The highest BCUT2D eigenvalue weighted by atomic mass is 16.5. The van der Waals surface area contributed by atoms with Crippen LogP contribution in [0.2, 0.25) is 0 Å². The van der Waals surface area contributed by atoms with E-state index in [1.54, 1.807) is 36.2 Å². The van der Waals surface area contributed by atoms with Gasteiger partial charge in [0.25, 0.3) is 5.91 Å². The van der Waals surface area contributed by atoms with Crippen molar-refractivity contribution in [3.63, 3.8) is 0 Å². The normalized spacial score (nSPS) is 18.3. The molecule has 3 amide bonds. The summed E-state index contributed by atoms with van der Waals surface area (Å²) in [6.45, 7) is 6.03. The summed E-state index contributed by atoms with van der Waals surface area (Å²) in [7, 11) is 1.65. The summed E-state index contributed by atoms with van der Waals surface area (Å²) in [5.41, 5.74) is 1.18. The van der Waals surface area contributed by atoms with Gasteiger partial charge in [0.1, 0.15) is 6.54 Å². The van der Waals surface area contributed by atoms with Gasteiger partial charge in [-0.15, -0.1) is 0 Å². The van der Waals surface area contributed by atoms with Crippen molar-refractivity contribution in [1.82, 2.24) is 9.80 Å². The number of amides is 3. The molecule has 0 saturated carbocycles. The molecule has 7 nitrogen and oxygen atoms in total. The second-order valence-corrected chi connectivity index (χ2v) is 6.81. The smallest absolute Gasteiger partial charge is 0.254 e. The Balaban J connectivity index is 1.62. The molecule has 27 heavy (non-hydrogen) atoms. The molecule has 2 fully saturated rings. The Morgan fingerprint density at radius 1 is 1.19 bits per heavy atom. The largest absolute Gasteiger partial charge is 0.381 e. The van der Waals surface area contributed by atoms with E-state index < -0.39 is 0 Å². The second kappa shape index (κ2) is 8.35. The van der Waals surface area contributed by atoms with E-state index in [4.69, 9.17) is 4.74 Å². The Hall–Kier alpha value is -2.67. The first kappa shape index (κ1) is 19.1. The van der Waals surface area contributed by atoms with Crippen molar-refractivity contribution in [3.8, 4) is 0 Å². The van der Waals surface area contributed by atoms with Gasteiger partial charge in [-0.3, -0.25) is 14.4 Å². The van der Waals surface area contributed by atoms with Crippen LogP contribution >= 0.6 is 0 Å². The highest BCUT2D eigenvalue weighted by Gasteiger charge is 2.32. The van der Waals surface area contributed by atoms with E-state index in [1.165, 1.54) is 11.0 Å². The Bertz CT molecular complexity index is 725. The second-order valence-electron chi connectivity index (χ2n) is 6.81. The summed E-state index contributed by atoms with van der Waals surface area (Å²) in [5.74, 6) is -0.391. The summed E-state index contributed by atoms with van der Waals surface area (Å²) >= 11 is 0. The van der Waals surface area contributed by atoms with Crippen molar-refractivity contribution in [1.29, 1.82) is 0 Å². The third kappa shape index (κ3) is 4.19. The average Bonchev–Trinajstić information content (AvgIpc) is 2.72. The Kier molecular flexibility index (Phi) is 5.91. The molecular formula is C20H25N3O4. The lowest BCUT2D eigenvalue weighted by Crippen LogP contribution is -2.56. The topological polar surface area (TPSA) is 70.2 Å². The van der Waals surface area contributed by atoms with Crippen LogP contribution in [0.4, 0.5) is 5.69 Å². The van der Waals surface area contributed by atoms with Gasteiger partial charge in [-0.05, 0) is 43.2 Å². The molecule has 2 saturated heterocycles. The van der Waals surface area contributed by atoms with Crippen molar-refractivity contribution in [2.75, 3.05) is 44.8 Å². The van der Waals surface area contributed by atoms with Crippen LogP contribution in [0.5, 0.6) is 0 Å². The maximum absolute atomic E-state index is 12.7. The van der Waals surface area contributed by atoms with Crippen LogP contribution in [0.3, 0.4) is 0 Å². The SMILES string of the molecule is C=CC(=O)N(C)c1ccc(C(=O)N2CCN(C3CCOCC3)C(=O)C2)cc1. The van der Waals surface area contributed by atoms with Gasteiger partial charge in [0.15, 0.2) is 0 Å². The quantitative estimate of drug-likeness (QED) is 0.748. The predicted molar refractivity (Wildman–Crippen MR) is 102 cm³/mol. The standard InChI is InChI=1S/C20H25N3O4/c1-3-18(24)21(2)16-6-4-15(5-7-16)20(26)22-10-11-23(19(25)14-22)17-8-12-27-13-9-17/h3-7,17H,1,8-14H2,2H3. The van der Waals surface area contributed by atoms with E-state index in [1.807, 2.05) is 4.90 Å². The van der Waals surface area contributed by atoms with Crippen LogP contribution in [0.25, 0.3) is 0 Å². The fourth-order valence-corrected chi connectivity index (χ4v) is 3.52. The lowest BCUT2D eigenvalue weighted by Gasteiger charge is -2.40. The van der Waals surface area contributed by atoms with E-state index in [0.717, 1.165) is 12.8 Å². The molecule has 0 aliphatic carbocycles. The molecule has 0 bridgehead atoms. The highest BCUT2D eigenvalue weighted by molar-refractivity contribution is 6.01. The number of likely N-dealkylation sites (N-methyl/N-ethyl adjacent to an activating group) is 1. The molecule has 0 atom stereocenters. The average molecular weight is 371 g/mol. The number of anilines is 1. The first-order valence-electron chi connectivity index (χ1n) is 9.18. The van der Waals surface area contributed by atoms with E-state index in [9.17, 15) is 14.4 Å². The molecule has 3 rings (SSSR count). The molecule has 7 heteroatoms. The van der Waals surface area contributed by atoms with Crippen molar-refractivity contribution >= 4 is 23.4 Å². The summed E-state index contributed by atoms with van der Waals surface area (Å²) < 4.78 is 5.36. The van der Waals surface area contributed by atoms with Gasteiger partial charge in [0.05, 0.1) is 0 Å². The van der Waals surface area contributed by atoms with Gasteiger partial charge < -0.3 is 19.4 Å². The molecular weight excluding hydrogens is 346 g/mol. The van der Waals surface area contributed by atoms with Crippen LogP contribution in [-0.2, 0) is 14.3 Å². The molecule has 0 N–H and O–H groups in total. The van der Waals surface area contributed by atoms with Crippen molar-refractivity contribution < 1.29 is 19.1 Å². The maximum Gasteiger partial charge on any atom is 0.254 e. The summed E-state index contributed by atoms with van der Waals surface area (Å²) in [5, 5.41) is 0. The zero-order valence-corrected chi connectivity index (χ0v) is 15.6. The molecule has 1 aromatic rings. The Labute approximate surface area is 159 Å². The van der Waals surface area contributed by atoms with E-state index in [2.05, 4.69) is 6.58 Å². The molecule has 0 radical (unpaired) electrons. The zero-order chi connectivity index (χ0) is 19.4. The third-order valence-corrected chi connectivity index (χ3v) is 5.18. The zero-order valence-electron chi connectivity index (χ0n) is 15.6. The number of ether oxygens (including phenoxy) is 1. The number of benzene rings is 1. The number of piperazine rings is 1. The Morgan fingerprint density at radius 3 is 2.44 bits per heavy atom. The monoisotopic (exact) mass is 371 g/mol. The van der Waals surface area contributed by atoms with Crippen molar-refractivity contribution in [2.24, 2.45) is 0 Å². The first-order valence-corrected chi connectivity index (χ1v) is 9.18. The molecule has 0 spiro atoms. The summed E-state index contributed by atoms with van der Waals surface area (Å²) in [6, 6.07) is 7.02. The van der Waals surface area contributed by atoms with Gasteiger partial charge in [-0.25, -0.2) is 0 Å². The van der Waals surface area contributed by atoms with Gasteiger partial charge >= 0.3 is 0 Å². The molecule has 144 valence electrons. The van der Waals surface area contributed by atoms with Crippen LogP contribution in [0, 0.1) is 0 Å². The van der Waals surface area contributed by atoms with Crippen LogP contribution in [0.15, 0.2) is 36.9 Å². The summed E-state index contributed by atoms with van der Waals surface area (Å²) in [6.07, 6.45) is 2.96. The van der Waals surface area contributed by atoms with Gasteiger partial charge in [-0.2, -0.15) is 0 Å². The molecule has 0 unspecified atom stereocenters. The van der Waals surface area contributed by atoms with E-state index in [-0.39, 0.29) is 30.3 Å². The van der Waals surface area contributed by atoms with Gasteiger partial charge in [-0.1, -0.05) is 6.58 Å². The molecule has 2 aliphatic rings. The lowest BCUT2D eigenvalue weighted by molar-refractivity contribution is -0.139. The third-order valence-electron chi connectivity index (χ3n) is 5.18. The first-order chi connectivity index (χ1) is 13.0. The fraction of sp³-hybridized carbons (Fsp3) is 0.450. The molecule has 2 heterocycles. The number of hydrogen-bond donors (Lipinski definition) is 0. The number of carbonyl (C=O) groups is 3. The summed E-state index contributed by atoms with van der Waals surface area (Å²) in [4.78, 5) is 41.9. The van der Waals surface area contributed by atoms with Crippen LogP contribution < -0.4 is 4.90 Å². The van der Waals surface area contributed by atoms with Crippen molar-refractivity contribution in [3.05, 3.63) is 42.5 Å². The Morgan fingerprint density at radius 2 is 1.85 bits per heavy atom. The van der Waals surface area contributed by atoms with E-state index >= 15 is 0 Å². The maximum atomic E-state index is 12.7. The van der Waals surface area contributed by atoms with Gasteiger partial charge in [0, 0.05) is 50.6 Å². The van der Waals surface area contributed by atoms with Gasteiger partial charge in [0.2, 0.25) is 11.8 Å². The minimum Gasteiger partial charge on any atom is -0.381 e. The number of nitrogens with zero attached hydrogens (tertiary/aromatic N) is 3.